The molecule has 2 aromatic carbocycles. The van der Waals surface area contributed by atoms with Crippen LogP contribution in [0.4, 0.5) is 11.4 Å². The molecular weight excluding hydrogens is 390 g/mol. The van der Waals surface area contributed by atoms with Gasteiger partial charge in [-0.05, 0) is 49.7 Å². The standard InChI is InChI=1S/C25H25N3O3/c1-17-10-11-22(18(2)13-17)28-15-19(14-24(28)29)25(30)27-21-8-3-4-9-23(21)31-16-20-7-5-6-12-26-20/h3-13,19H,14-16H2,1-2H3,(H,27,30)/t19-/m0/s1. The molecule has 3 aromatic rings. The number of amides is 2. The predicted octanol–water partition coefficient (Wildman–Crippen LogP) is 4.27. The number of anilines is 2. The van der Waals surface area contributed by atoms with Crippen molar-refractivity contribution in [3.05, 3.63) is 83.7 Å². The quantitative estimate of drug-likeness (QED) is 0.653. The van der Waals surface area contributed by atoms with Crippen LogP contribution in [0.1, 0.15) is 23.2 Å². The fraction of sp³-hybridized carbons (Fsp3) is 0.240. The molecule has 1 N–H and O–H groups in total. The van der Waals surface area contributed by atoms with E-state index in [1.54, 1.807) is 23.2 Å². The second-order valence-electron chi connectivity index (χ2n) is 7.79. The lowest BCUT2D eigenvalue weighted by molar-refractivity contribution is -0.122. The topological polar surface area (TPSA) is 71.5 Å². The molecule has 1 aliphatic heterocycles. The van der Waals surface area contributed by atoms with Crippen molar-refractivity contribution < 1.29 is 14.3 Å². The Kier molecular flexibility index (Phi) is 5.98. The van der Waals surface area contributed by atoms with Crippen LogP contribution in [0.15, 0.2) is 66.9 Å². The molecule has 2 amide bonds. The van der Waals surface area contributed by atoms with Crippen LogP contribution >= 0.6 is 0 Å². The first kappa shape index (κ1) is 20.6. The van der Waals surface area contributed by atoms with Crippen LogP contribution in [0.5, 0.6) is 5.75 Å². The number of para-hydroxylation sites is 2. The van der Waals surface area contributed by atoms with Crippen molar-refractivity contribution in [2.24, 2.45) is 5.92 Å². The van der Waals surface area contributed by atoms with Gasteiger partial charge in [0.05, 0.1) is 17.3 Å². The average molecular weight is 415 g/mol. The zero-order valence-electron chi connectivity index (χ0n) is 17.7. The zero-order chi connectivity index (χ0) is 21.8. The summed E-state index contributed by atoms with van der Waals surface area (Å²) in [7, 11) is 0. The summed E-state index contributed by atoms with van der Waals surface area (Å²) < 4.78 is 5.87. The van der Waals surface area contributed by atoms with E-state index in [9.17, 15) is 9.59 Å². The minimum absolute atomic E-state index is 0.0354. The summed E-state index contributed by atoms with van der Waals surface area (Å²) in [4.78, 5) is 31.5. The number of hydrogen-bond acceptors (Lipinski definition) is 4. The first-order chi connectivity index (χ1) is 15.0. The molecule has 0 radical (unpaired) electrons. The summed E-state index contributed by atoms with van der Waals surface area (Å²) >= 11 is 0. The van der Waals surface area contributed by atoms with Gasteiger partial charge >= 0.3 is 0 Å². The first-order valence-electron chi connectivity index (χ1n) is 10.3. The van der Waals surface area contributed by atoms with E-state index in [-0.39, 0.29) is 18.2 Å². The van der Waals surface area contributed by atoms with Gasteiger partial charge in [-0.3, -0.25) is 14.6 Å². The van der Waals surface area contributed by atoms with Crippen LogP contribution in [0.3, 0.4) is 0 Å². The van der Waals surface area contributed by atoms with E-state index in [2.05, 4.69) is 10.3 Å². The van der Waals surface area contributed by atoms with Crippen LogP contribution < -0.4 is 15.0 Å². The van der Waals surface area contributed by atoms with Gasteiger partial charge in [0.2, 0.25) is 11.8 Å². The van der Waals surface area contributed by atoms with Crippen molar-refractivity contribution in [3.63, 3.8) is 0 Å². The molecule has 4 rings (SSSR count). The number of carbonyl (C=O) groups is 2. The number of carbonyl (C=O) groups excluding carboxylic acids is 2. The molecule has 0 bridgehead atoms. The third-order valence-corrected chi connectivity index (χ3v) is 5.39. The maximum Gasteiger partial charge on any atom is 0.229 e. The number of nitrogens with one attached hydrogen (secondary N) is 1. The van der Waals surface area contributed by atoms with Gasteiger partial charge in [0.1, 0.15) is 12.4 Å². The lowest BCUT2D eigenvalue weighted by Crippen LogP contribution is -2.28. The molecule has 1 aromatic heterocycles. The lowest BCUT2D eigenvalue weighted by Gasteiger charge is -2.19. The highest BCUT2D eigenvalue weighted by atomic mass is 16.5. The second-order valence-corrected chi connectivity index (χ2v) is 7.79. The largest absolute Gasteiger partial charge is 0.485 e. The SMILES string of the molecule is Cc1ccc(N2C[C@@H](C(=O)Nc3ccccc3OCc3ccccn3)CC2=O)c(C)c1. The molecule has 6 heteroatoms. The summed E-state index contributed by atoms with van der Waals surface area (Å²) in [6.45, 7) is 4.67. The number of ether oxygens (including phenoxy) is 1. The molecule has 1 aliphatic rings. The van der Waals surface area contributed by atoms with Crippen molar-refractivity contribution in [1.29, 1.82) is 0 Å². The van der Waals surface area contributed by atoms with Crippen LogP contribution in [0, 0.1) is 19.8 Å². The average Bonchev–Trinajstić information content (AvgIpc) is 3.15. The Hall–Kier alpha value is -3.67. The third-order valence-electron chi connectivity index (χ3n) is 5.39. The maximum atomic E-state index is 12.9. The molecule has 6 nitrogen and oxygen atoms in total. The van der Waals surface area contributed by atoms with Gasteiger partial charge in [-0.15, -0.1) is 0 Å². The first-order valence-corrected chi connectivity index (χ1v) is 10.3. The number of rotatable bonds is 6. The molecule has 0 unspecified atom stereocenters. The van der Waals surface area contributed by atoms with E-state index in [0.29, 0.717) is 24.6 Å². The van der Waals surface area contributed by atoms with Crippen LogP contribution in [-0.4, -0.2) is 23.3 Å². The number of aryl methyl sites for hydroxylation is 2. The van der Waals surface area contributed by atoms with E-state index >= 15 is 0 Å². The minimum atomic E-state index is -0.419. The molecule has 1 atom stereocenters. The number of hydrogen-bond donors (Lipinski definition) is 1. The Morgan fingerprint density at radius 1 is 1.13 bits per heavy atom. The highest BCUT2D eigenvalue weighted by Crippen LogP contribution is 2.30. The van der Waals surface area contributed by atoms with Gasteiger partial charge in [0, 0.05) is 24.8 Å². The molecule has 1 fully saturated rings. The van der Waals surface area contributed by atoms with Crippen molar-refractivity contribution in [1.82, 2.24) is 4.98 Å². The Morgan fingerprint density at radius 2 is 1.94 bits per heavy atom. The molecule has 0 spiro atoms. The second kappa shape index (κ2) is 9.00. The van der Waals surface area contributed by atoms with Crippen LogP contribution in [0.2, 0.25) is 0 Å². The molecule has 31 heavy (non-hydrogen) atoms. The van der Waals surface area contributed by atoms with Gasteiger partial charge in [-0.1, -0.05) is 35.9 Å². The van der Waals surface area contributed by atoms with Crippen LogP contribution in [0.25, 0.3) is 0 Å². The minimum Gasteiger partial charge on any atom is -0.485 e. The molecule has 158 valence electrons. The molecular formula is C25H25N3O3. The molecule has 0 saturated carbocycles. The molecule has 2 heterocycles. The number of nitrogens with zero attached hydrogens (tertiary/aromatic N) is 2. The smallest absolute Gasteiger partial charge is 0.229 e. The number of pyridine rings is 1. The van der Waals surface area contributed by atoms with Gasteiger partial charge in [0.15, 0.2) is 0 Å². The summed E-state index contributed by atoms with van der Waals surface area (Å²) in [6.07, 6.45) is 1.90. The number of aromatic nitrogens is 1. The fourth-order valence-corrected chi connectivity index (χ4v) is 3.79. The lowest BCUT2D eigenvalue weighted by atomic mass is 10.1. The molecule has 0 aliphatic carbocycles. The highest BCUT2D eigenvalue weighted by Gasteiger charge is 2.35. The van der Waals surface area contributed by atoms with E-state index in [1.165, 1.54) is 0 Å². The van der Waals surface area contributed by atoms with Crippen molar-refractivity contribution in [3.8, 4) is 5.75 Å². The summed E-state index contributed by atoms with van der Waals surface area (Å²) in [5.74, 6) is -0.0737. The zero-order valence-corrected chi connectivity index (χ0v) is 17.7. The Labute approximate surface area is 181 Å². The highest BCUT2D eigenvalue weighted by molar-refractivity contribution is 6.04. The van der Waals surface area contributed by atoms with Gasteiger partial charge in [-0.25, -0.2) is 0 Å². The Balaban J connectivity index is 1.43. The third kappa shape index (κ3) is 4.74. The van der Waals surface area contributed by atoms with Crippen molar-refractivity contribution in [2.45, 2.75) is 26.9 Å². The van der Waals surface area contributed by atoms with E-state index in [4.69, 9.17) is 4.74 Å². The van der Waals surface area contributed by atoms with Gasteiger partial charge in [-0.2, -0.15) is 0 Å². The van der Waals surface area contributed by atoms with Crippen molar-refractivity contribution in [2.75, 3.05) is 16.8 Å². The fourth-order valence-electron chi connectivity index (χ4n) is 3.79. The summed E-state index contributed by atoms with van der Waals surface area (Å²) in [5.41, 5.74) is 4.42. The summed E-state index contributed by atoms with van der Waals surface area (Å²) in [5, 5.41) is 2.94. The van der Waals surface area contributed by atoms with E-state index < -0.39 is 5.92 Å². The summed E-state index contributed by atoms with van der Waals surface area (Å²) in [6, 6.07) is 18.9. The normalized spacial score (nSPS) is 15.7. The maximum absolute atomic E-state index is 12.9. The van der Waals surface area contributed by atoms with Gasteiger partial charge < -0.3 is 15.0 Å². The van der Waals surface area contributed by atoms with E-state index in [0.717, 1.165) is 22.5 Å². The number of benzene rings is 2. The monoisotopic (exact) mass is 415 g/mol. The Morgan fingerprint density at radius 3 is 2.71 bits per heavy atom. The molecule has 1 saturated heterocycles. The van der Waals surface area contributed by atoms with E-state index in [1.807, 2.05) is 62.4 Å². The predicted molar refractivity (Wildman–Crippen MR) is 120 cm³/mol. The van der Waals surface area contributed by atoms with Gasteiger partial charge in [0.25, 0.3) is 0 Å². The Bertz CT molecular complexity index is 1100. The van der Waals surface area contributed by atoms with Crippen molar-refractivity contribution >= 4 is 23.2 Å². The van der Waals surface area contributed by atoms with Crippen LogP contribution in [-0.2, 0) is 16.2 Å².